The van der Waals surface area contributed by atoms with Crippen LogP contribution < -0.4 is 0 Å². The standard InChI is InChI=1S/C17H15NO2S/c19-17(20)16-14-9-12-21-15(14)8-11-18(16)10-4-7-13-5-2-1-3-6-13/h1-3,5-6,9,12,16H,8,10-11H2,(H,19,20). The number of hydrogen-bond acceptors (Lipinski definition) is 3. The van der Waals surface area contributed by atoms with Crippen LogP contribution in [0.25, 0.3) is 0 Å². The van der Waals surface area contributed by atoms with Gasteiger partial charge in [0.1, 0.15) is 6.04 Å². The summed E-state index contributed by atoms with van der Waals surface area (Å²) in [6.07, 6.45) is 0.907. The molecule has 0 saturated carbocycles. The highest BCUT2D eigenvalue weighted by atomic mass is 32.1. The minimum atomic E-state index is -0.795. The van der Waals surface area contributed by atoms with E-state index in [1.54, 1.807) is 11.3 Å². The summed E-state index contributed by atoms with van der Waals surface area (Å²) in [5.41, 5.74) is 1.89. The Kier molecular flexibility index (Phi) is 4.05. The van der Waals surface area contributed by atoms with Gasteiger partial charge in [0, 0.05) is 17.0 Å². The second-order valence-electron chi connectivity index (χ2n) is 4.93. The topological polar surface area (TPSA) is 40.5 Å². The minimum Gasteiger partial charge on any atom is -0.480 e. The lowest BCUT2D eigenvalue weighted by atomic mass is 10.00. The summed E-state index contributed by atoms with van der Waals surface area (Å²) in [5.74, 6) is 5.39. The van der Waals surface area contributed by atoms with Crippen LogP contribution in [0.15, 0.2) is 41.8 Å². The molecule has 3 nitrogen and oxygen atoms in total. The van der Waals surface area contributed by atoms with Gasteiger partial charge in [-0.25, -0.2) is 0 Å². The predicted octanol–water partition coefficient (Wildman–Crippen LogP) is 2.78. The molecule has 2 heterocycles. The van der Waals surface area contributed by atoms with Crippen molar-refractivity contribution in [2.24, 2.45) is 0 Å². The van der Waals surface area contributed by atoms with Crippen molar-refractivity contribution in [1.82, 2.24) is 4.90 Å². The van der Waals surface area contributed by atoms with Crippen LogP contribution in [0, 0.1) is 11.8 Å². The molecule has 2 aromatic rings. The molecule has 0 radical (unpaired) electrons. The van der Waals surface area contributed by atoms with Gasteiger partial charge >= 0.3 is 5.97 Å². The molecule has 1 aliphatic rings. The van der Waals surface area contributed by atoms with Crippen LogP contribution in [0.4, 0.5) is 0 Å². The van der Waals surface area contributed by atoms with Crippen molar-refractivity contribution in [2.75, 3.05) is 13.1 Å². The first-order chi connectivity index (χ1) is 10.3. The fourth-order valence-electron chi connectivity index (χ4n) is 2.59. The van der Waals surface area contributed by atoms with Crippen LogP contribution in [0.1, 0.15) is 22.0 Å². The zero-order valence-corrected chi connectivity index (χ0v) is 12.3. The van der Waals surface area contributed by atoms with Crippen molar-refractivity contribution in [2.45, 2.75) is 12.5 Å². The number of rotatable bonds is 2. The SMILES string of the molecule is O=C(O)C1c2ccsc2CCN1CC#Cc1ccccc1. The summed E-state index contributed by atoms with van der Waals surface area (Å²) in [6, 6.07) is 11.1. The van der Waals surface area contributed by atoms with Gasteiger partial charge in [0.25, 0.3) is 0 Å². The maximum atomic E-state index is 11.6. The number of hydrogen-bond donors (Lipinski definition) is 1. The second-order valence-corrected chi connectivity index (χ2v) is 5.93. The van der Waals surface area contributed by atoms with E-state index in [4.69, 9.17) is 0 Å². The molecule has 0 amide bonds. The van der Waals surface area contributed by atoms with Crippen LogP contribution in [-0.4, -0.2) is 29.1 Å². The van der Waals surface area contributed by atoms with E-state index in [1.807, 2.05) is 46.7 Å². The van der Waals surface area contributed by atoms with Gasteiger partial charge in [-0.2, -0.15) is 0 Å². The highest BCUT2D eigenvalue weighted by Gasteiger charge is 2.32. The molecule has 0 fully saturated rings. The Morgan fingerprint density at radius 3 is 2.90 bits per heavy atom. The molecule has 0 aliphatic carbocycles. The van der Waals surface area contributed by atoms with E-state index in [0.29, 0.717) is 6.54 Å². The first-order valence-electron chi connectivity index (χ1n) is 6.83. The Morgan fingerprint density at radius 1 is 1.33 bits per heavy atom. The van der Waals surface area contributed by atoms with E-state index < -0.39 is 12.0 Å². The minimum absolute atomic E-state index is 0.473. The van der Waals surface area contributed by atoms with E-state index in [2.05, 4.69) is 11.8 Å². The van der Waals surface area contributed by atoms with E-state index >= 15 is 0 Å². The van der Waals surface area contributed by atoms with Crippen molar-refractivity contribution in [1.29, 1.82) is 0 Å². The Hall–Kier alpha value is -2.09. The molecule has 21 heavy (non-hydrogen) atoms. The largest absolute Gasteiger partial charge is 0.480 e. The average molecular weight is 297 g/mol. The number of carboxylic acids is 1. The van der Waals surface area contributed by atoms with Gasteiger partial charge in [-0.3, -0.25) is 9.69 Å². The maximum absolute atomic E-state index is 11.6. The third kappa shape index (κ3) is 2.99. The average Bonchev–Trinajstić information content (AvgIpc) is 2.96. The molecule has 1 aliphatic heterocycles. The van der Waals surface area contributed by atoms with Crippen LogP contribution in [0.3, 0.4) is 0 Å². The van der Waals surface area contributed by atoms with Crippen LogP contribution in [-0.2, 0) is 11.2 Å². The maximum Gasteiger partial charge on any atom is 0.325 e. The number of aliphatic carboxylic acids is 1. The van der Waals surface area contributed by atoms with E-state index in [-0.39, 0.29) is 0 Å². The number of thiophene rings is 1. The molecule has 0 spiro atoms. The summed E-state index contributed by atoms with van der Waals surface area (Å²) >= 11 is 1.64. The van der Waals surface area contributed by atoms with Gasteiger partial charge in [-0.05, 0) is 35.6 Å². The summed E-state index contributed by atoms with van der Waals surface area (Å²) in [6.45, 7) is 1.22. The molecule has 4 heteroatoms. The van der Waals surface area contributed by atoms with E-state index in [0.717, 1.165) is 24.1 Å². The number of carboxylic acid groups (broad SMARTS) is 1. The summed E-state index contributed by atoms with van der Waals surface area (Å²) < 4.78 is 0. The molecule has 0 saturated heterocycles. The first kappa shape index (κ1) is 13.9. The number of fused-ring (bicyclic) bond motifs is 1. The third-order valence-electron chi connectivity index (χ3n) is 3.59. The van der Waals surface area contributed by atoms with Crippen molar-refractivity contribution < 1.29 is 9.90 Å². The fourth-order valence-corrected chi connectivity index (χ4v) is 3.50. The molecule has 1 unspecified atom stereocenters. The molecular weight excluding hydrogens is 282 g/mol. The van der Waals surface area contributed by atoms with Gasteiger partial charge in [0.05, 0.1) is 6.54 Å². The first-order valence-corrected chi connectivity index (χ1v) is 7.71. The fraction of sp³-hybridized carbons (Fsp3) is 0.235. The zero-order valence-electron chi connectivity index (χ0n) is 11.5. The lowest BCUT2D eigenvalue weighted by Crippen LogP contribution is -2.39. The second kappa shape index (κ2) is 6.13. The van der Waals surface area contributed by atoms with Crippen LogP contribution >= 0.6 is 11.3 Å². The molecule has 1 N–H and O–H groups in total. The van der Waals surface area contributed by atoms with Gasteiger partial charge in [-0.15, -0.1) is 11.3 Å². The number of benzene rings is 1. The molecular formula is C17H15NO2S. The normalized spacial score (nSPS) is 17.6. The molecule has 1 aromatic heterocycles. The Balaban J connectivity index is 1.77. The molecule has 3 rings (SSSR count). The smallest absolute Gasteiger partial charge is 0.325 e. The van der Waals surface area contributed by atoms with Gasteiger partial charge < -0.3 is 5.11 Å². The molecule has 1 aromatic carbocycles. The zero-order chi connectivity index (χ0) is 14.7. The van der Waals surface area contributed by atoms with E-state index in [9.17, 15) is 9.90 Å². The molecule has 1 atom stereocenters. The summed E-state index contributed by atoms with van der Waals surface area (Å²) in [4.78, 5) is 14.7. The van der Waals surface area contributed by atoms with Crippen molar-refractivity contribution in [3.63, 3.8) is 0 Å². The van der Waals surface area contributed by atoms with Crippen LogP contribution in [0.2, 0.25) is 0 Å². The van der Waals surface area contributed by atoms with Crippen LogP contribution in [0.5, 0.6) is 0 Å². The molecule has 106 valence electrons. The van der Waals surface area contributed by atoms with Crippen molar-refractivity contribution >= 4 is 17.3 Å². The lowest BCUT2D eigenvalue weighted by Gasteiger charge is -2.31. The number of carbonyl (C=O) groups is 1. The summed E-state index contributed by atoms with van der Waals surface area (Å²) in [5, 5.41) is 11.5. The Bertz CT molecular complexity index is 696. The summed E-state index contributed by atoms with van der Waals surface area (Å²) in [7, 11) is 0. The predicted molar refractivity (Wildman–Crippen MR) is 83.3 cm³/mol. The third-order valence-corrected chi connectivity index (χ3v) is 4.58. The molecule has 0 bridgehead atoms. The number of nitrogens with zero attached hydrogens (tertiary/aromatic N) is 1. The highest BCUT2D eigenvalue weighted by molar-refractivity contribution is 7.10. The highest BCUT2D eigenvalue weighted by Crippen LogP contribution is 2.33. The van der Waals surface area contributed by atoms with Gasteiger partial charge in [0.2, 0.25) is 0 Å². The lowest BCUT2D eigenvalue weighted by molar-refractivity contribution is -0.143. The Labute approximate surface area is 127 Å². The van der Waals surface area contributed by atoms with Crippen molar-refractivity contribution in [3.05, 3.63) is 57.8 Å². The Morgan fingerprint density at radius 2 is 2.14 bits per heavy atom. The van der Waals surface area contributed by atoms with Gasteiger partial charge in [0.15, 0.2) is 0 Å². The van der Waals surface area contributed by atoms with Gasteiger partial charge in [-0.1, -0.05) is 30.0 Å². The quantitative estimate of drug-likeness (QED) is 0.867. The van der Waals surface area contributed by atoms with E-state index in [1.165, 1.54) is 4.88 Å². The monoisotopic (exact) mass is 297 g/mol. The van der Waals surface area contributed by atoms with Crippen molar-refractivity contribution in [3.8, 4) is 11.8 Å².